The van der Waals surface area contributed by atoms with Gasteiger partial charge >= 0.3 is 0 Å². The molecule has 0 saturated carbocycles. The molecule has 3 rings (SSSR count). The summed E-state index contributed by atoms with van der Waals surface area (Å²) in [6.45, 7) is 10.8. The minimum Gasteiger partial charge on any atom is -0.371 e. The number of amides is 1. The quantitative estimate of drug-likeness (QED) is 0.922. The molecule has 1 aromatic carbocycles. The van der Waals surface area contributed by atoms with E-state index < -0.39 is 0 Å². The number of nitrogens with zero attached hydrogens (tertiary/aromatic N) is 2. The maximum absolute atomic E-state index is 12.1. The van der Waals surface area contributed by atoms with Gasteiger partial charge in [0.25, 0.3) is 0 Å². The minimum atomic E-state index is -0.326. The van der Waals surface area contributed by atoms with Crippen molar-refractivity contribution in [3.05, 3.63) is 36.0 Å². The minimum absolute atomic E-state index is 0.134. The lowest BCUT2D eigenvalue weighted by Gasteiger charge is -2.35. The molecule has 1 unspecified atom stereocenters. The van der Waals surface area contributed by atoms with Crippen molar-refractivity contribution >= 4 is 22.5 Å². The van der Waals surface area contributed by atoms with E-state index in [-0.39, 0.29) is 11.3 Å². The van der Waals surface area contributed by atoms with E-state index in [0.717, 1.165) is 31.6 Å². The zero-order valence-electron chi connectivity index (χ0n) is 15.8. The van der Waals surface area contributed by atoms with Crippen molar-refractivity contribution < 1.29 is 4.79 Å². The number of carbonyl (C=O) groups is 1. The fourth-order valence-electron chi connectivity index (χ4n) is 3.54. The Kier molecular flexibility index (Phi) is 4.98. The molecule has 2 heterocycles. The Bertz CT molecular complexity index is 763. The maximum atomic E-state index is 12.1. The van der Waals surface area contributed by atoms with Crippen LogP contribution in [0.15, 0.2) is 30.5 Å². The van der Waals surface area contributed by atoms with Gasteiger partial charge in [0.1, 0.15) is 0 Å². The van der Waals surface area contributed by atoms with Crippen LogP contribution in [0.2, 0.25) is 0 Å². The van der Waals surface area contributed by atoms with Gasteiger partial charge in [0.15, 0.2) is 0 Å². The van der Waals surface area contributed by atoms with Gasteiger partial charge in [0, 0.05) is 42.3 Å². The average Bonchev–Trinajstić information content (AvgIpc) is 2.59. The molecule has 134 valence electrons. The molecular weight excluding hydrogens is 310 g/mol. The van der Waals surface area contributed by atoms with Gasteiger partial charge < -0.3 is 10.2 Å². The van der Waals surface area contributed by atoms with E-state index in [1.165, 1.54) is 23.1 Å². The van der Waals surface area contributed by atoms with Crippen LogP contribution in [0, 0.1) is 18.3 Å². The van der Waals surface area contributed by atoms with E-state index in [4.69, 9.17) is 0 Å². The van der Waals surface area contributed by atoms with Crippen molar-refractivity contribution in [3.8, 4) is 0 Å². The smallest absolute Gasteiger partial charge is 0.225 e. The number of nitrogens with one attached hydrogen (secondary N) is 1. The number of hydrogen-bond acceptors (Lipinski definition) is 3. The number of fused-ring (bicyclic) bond motifs is 1. The molecule has 0 bridgehead atoms. The molecule has 1 amide bonds. The van der Waals surface area contributed by atoms with Crippen LogP contribution >= 0.6 is 0 Å². The van der Waals surface area contributed by atoms with Crippen molar-refractivity contribution in [1.29, 1.82) is 0 Å². The number of para-hydroxylation sites is 1. The fourth-order valence-corrected chi connectivity index (χ4v) is 3.54. The zero-order valence-corrected chi connectivity index (χ0v) is 15.8. The third-order valence-corrected chi connectivity index (χ3v) is 5.04. The SMILES string of the molecule is Cc1cccc2c(N3CCCC(CNC(=O)C(C)(C)C)C3)ccnc12. The summed E-state index contributed by atoms with van der Waals surface area (Å²) in [5, 5.41) is 4.36. The van der Waals surface area contributed by atoms with Crippen LogP contribution < -0.4 is 10.2 Å². The van der Waals surface area contributed by atoms with Crippen molar-refractivity contribution in [1.82, 2.24) is 10.3 Å². The number of aromatic nitrogens is 1. The first kappa shape index (κ1) is 17.7. The molecule has 1 atom stereocenters. The van der Waals surface area contributed by atoms with Crippen molar-refractivity contribution in [2.45, 2.75) is 40.5 Å². The standard InChI is InChI=1S/C21H29N3O/c1-15-7-5-9-17-18(10-11-22-19(15)17)24-12-6-8-16(14-24)13-23-20(25)21(2,3)4/h5,7,9-11,16H,6,8,12-14H2,1-4H3,(H,23,25). The van der Waals surface area contributed by atoms with Crippen LogP contribution in [0.1, 0.15) is 39.2 Å². The number of anilines is 1. The van der Waals surface area contributed by atoms with E-state index in [2.05, 4.69) is 46.4 Å². The highest BCUT2D eigenvalue weighted by molar-refractivity contribution is 5.93. The molecule has 1 aliphatic heterocycles. The van der Waals surface area contributed by atoms with Crippen LogP contribution in [0.4, 0.5) is 5.69 Å². The van der Waals surface area contributed by atoms with Crippen LogP contribution in [-0.2, 0) is 4.79 Å². The Morgan fingerprint density at radius 3 is 2.88 bits per heavy atom. The summed E-state index contributed by atoms with van der Waals surface area (Å²) in [4.78, 5) is 19.2. The summed E-state index contributed by atoms with van der Waals surface area (Å²) in [5.41, 5.74) is 3.24. The molecule has 4 nitrogen and oxygen atoms in total. The Labute approximate surface area is 150 Å². The van der Waals surface area contributed by atoms with Gasteiger partial charge in [-0.2, -0.15) is 0 Å². The van der Waals surface area contributed by atoms with E-state index in [1.54, 1.807) is 0 Å². The summed E-state index contributed by atoms with van der Waals surface area (Å²) >= 11 is 0. The van der Waals surface area contributed by atoms with E-state index in [9.17, 15) is 4.79 Å². The summed E-state index contributed by atoms with van der Waals surface area (Å²) in [5.74, 6) is 0.627. The van der Waals surface area contributed by atoms with Crippen LogP contribution in [-0.4, -0.2) is 30.5 Å². The summed E-state index contributed by atoms with van der Waals surface area (Å²) in [6, 6.07) is 8.50. The highest BCUT2D eigenvalue weighted by Crippen LogP contribution is 2.30. The van der Waals surface area contributed by atoms with Crippen molar-refractivity contribution in [3.63, 3.8) is 0 Å². The van der Waals surface area contributed by atoms with Gasteiger partial charge in [0.2, 0.25) is 5.91 Å². The molecule has 1 saturated heterocycles. The predicted octanol–water partition coefficient (Wildman–Crippen LogP) is 3.92. The van der Waals surface area contributed by atoms with Gasteiger partial charge in [0.05, 0.1) is 5.52 Å². The summed E-state index contributed by atoms with van der Waals surface area (Å²) in [6.07, 6.45) is 4.24. The molecule has 0 radical (unpaired) electrons. The second kappa shape index (κ2) is 7.03. The van der Waals surface area contributed by atoms with Gasteiger partial charge in [-0.15, -0.1) is 0 Å². The Hall–Kier alpha value is -2.10. The zero-order chi connectivity index (χ0) is 18.0. The van der Waals surface area contributed by atoms with E-state index >= 15 is 0 Å². The lowest BCUT2D eigenvalue weighted by Crippen LogP contribution is -2.43. The summed E-state index contributed by atoms with van der Waals surface area (Å²) in [7, 11) is 0. The number of rotatable bonds is 3. The monoisotopic (exact) mass is 339 g/mol. The normalized spacial score (nSPS) is 18.4. The van der Waals surface area contributed by atoms with Crippen molar-refractivity contribution in [2.75, 3.05) is 24.5 Å². The molecule has 4 heteroatoms. The third-order valence-electron chi connectivity index (χ3n) is 5.04. The first-order valence-electron chi connectivity index (χ1n) is 9.24. The molecule has 2 aromatic rings. The van der Waals surface area contributed by atoms with Gasteiger partial charge in [-0.1, -0.05) is 39.0 Å². The van der Waals surface area contributed by atoms with E-state index in [1.807, 2.05) is 27.0 Å². The highest BCUT2D eigenvalue weighted by Gasteiger charge is 2.25. The second-order valence-corrected chi connectivity index (χ2v) is 8.22. The number of pyridine rings is 1. The van der Waals surface area contributed by atoms with Crippen LogP contribution in [0.3, 0.4) is 0 Å². The topological polar surface area (TPSA) is 45.2 Å². The lowest BCUT2D eigenvalue weighted by molar-refractivity contribution is -0.128. The number of carbonyl (C=O) groups excluding carboxylic acids is 1. The Morgan fingerprint density at radius 1 is 1.32 bits per heavy atom. The molecular formula is C21H29N3O. The maximum Gasteiger partial charge on any atom is 0.225 e. The van der Waals surface area contributed by atoms with E-state index in [0.29, 0.717) is 5.92 Å². The molecule has 25 heavy (non-hydrogen) atoms. The number of hydrogen-bond donors (Lipinski definition) is 1. The van der Waals surface area contributed by atoms with Crippen molar-refractivity contribution in [2.24, 2.45) is 11.3 Å². The number of benzene rings is 1. The first-order chi connectivity index (χ1) is 11.9. The van der Waals surface area contributed by atoms with Gasteiger partial charge in [-0.25, -0.2) is 0 Å². The van der Waals surface area contributed by atoms with Crippen LogP contribution in [0.5, 0.6) is 0 Å². The third kappa shape index (κ3) is 3.94. The first-order valence-corrected chi connectivity index (χ1v) is 9.24. The second-order valence-electron chi connectivity index (χ2n) is 8.22. The molecule has 1 aromatic heterocycles. The fraction of sp³-hybridized carbons (Fsp3) is 0.524. The largest absolute Gasteiger partial charge is 0.371 e. The number of aryl methyl sites for hydroxylation is 1. The number of piperidine rings is 1. The molecule has 1 aliphatic rings. The molecule has 0 aliphatic carbocycles. The predicted molar refractivity (Wildman–Crippen MR) is 104 cm³/mol. The van der Waals surface area contributed by atoms with Crippen LogP contribution in [0.25, 0.3) is 10.9 Å². The van der Waals surface area contributed by atoms with Gasteiger partial charge in [-0.05, 0) is 37.3 Å². The lowest BCUT2D eigenvalue weighted by atomic mass is 9.93. The highest BCUT2D eigenvalue weighted by atomic mass is 16.2. The van der Waals surface area contributed by atoms with Gasteiger partial charge in [-0.3, -0.25) is 9.78 Å². The Morgan fingerprint density at radius 2 is 2.12 bits per heavy atom. The molecule has 1 N–H and O–H groups in total. The Balaban J connectivity index is 1.74. The molecule has 0 spiro atoms. The average molecular weight is 339 g/mol. The molecule has 1 fully saturated rings. The summed E-state index contributed by atoms with van der Waals surface area (Å²) < 4.78 is 0.